The van der Waals surface area contributed by atoms with Crippen LogP contribution < -0.4 is 5.26 Å². The summed E-state index contributed by atoms with van der Waals surface area (Å²) in [6.07, 6.45) is -0.439. The van der Waals surface area contributed by atoms with Crippen LogP contribution in [0.3, 0.4) is 0 Å². The van der Waals surface area contributed by atoms with Gasteiger partial charge in [-0.05, 0) is 12.8 Å². The van der Waals surface area contributed by atoms with Crippen LogP contribution in [0.5, 0.6) is 0 Å². The molecule has 0 aromatic heterocycles. The number of fused-ring (bicyclic) bond motifs is 1. The predicted molar refractivity (Wildman–Crippen MR) is 69.3 cm³/mol. The van der Waals surface area contributed by atoms with E-state index in [1.165, 1.54) is 0 Å². The number of esters is 2. The standard InChI is InChI=1S/C11H12F2O10S2/c12-11(13,24-23-22-16)10(15)19-3-7(14)20-8-4-1-5-6(2-4)21-25(17,18)9(5)8/h4-6,8-9,16H,1-3H2/p-1. The molecular formula is C11H11F2O10S2-. The second-order valence-electron chi connectivity index (χ2n) is 5.75. The molecule has 10 nitrogen and oxygen atoms in total. The van der Waals surface area contributed by atoms with Gasteiger partial charge in [-0.2, -0.15) is 21.5 Å². The first-order valence-electron chi connectivity index (χ1n) is 6.96. The van der Waals surface area contributed by atoms with E-state index in [1.54, 1.807) is 0 Å². The molecule has 2 bridgehead atoms. The van der Waals surface area contributed by atoms with Crippen LogP contribution in [-0.4, -0.2) is 49.7 Å². The molecule has 25 heavy (non-hydrogen) atoms. The van der Waals surface area contributed by atoms with Gasteiger partial charge < -0.3 is 14.7 Å². The molecule has 3 fully saturated rings. The van der Waals surface area contributed by atoms with Crippen molar-refractivity contribution < 1.29 is 55.1 Å². The van der Waals surface area contributed by atoms with Crippen molar-refractivity contribution in [2.45, 2.75) is 35.6 Å². The summed E-state index contributed by atoms with van der Waals surface area (Å²) in [6, 6.07) is 0. The lowest BCUT2D eigenvalue weighted by molar-refractivity contribution is -0.777. The van der Waals surface area contributed by atoms with Crippen LogP contribution in [-0.2, 0) is 42.7 Å². The Morgan fingerprint density at radius 2 is 2.04 bits per heavy atom. The predicted octanol–water partition coefficient (Wildman–Crippen LogP) is -0.957. The second kappa shape index (κ2) is 6.59. The van der Waals surface area contributed by atoms with Crippen molar-refractivity contribution in [3.63, 3.8) is 0 Å². The van der Waals surface area contributed by atoms with E-state index in [2.05, 4.69) is 14.1 Å². The van der Waals surface area contributed by atoms with E-state index in [9.17, 15) is 32.0 Å². The van der Waals surface area contributed by atoms with Gasteiger partial charge in [0.15, 0.2) is 6.61 Å². The Morgan fingerprint density at radius 1 is 1.32 bits per heavy atom. The molecule has 1 aliphatic heterocycles. The third-order valence-electron chi connectivity index (χ3n) is 4.38. The lowest BCUT2D eigenvalue weighted by atomic mass is 9.95. The molecule has 5 atom stereocenters. The van der Waals surface area contributed by atoms with Gasteiger partial charge in [-0.3, -0.25) is 9.22 Å². The number of halogens is 2. The maximum Gasteiger partial charge on any atom is 0.415 e. The molecule has 2 saturated carbocycles. The van der Waals surface area contributed by atoms with Crippen LogP contribution in [0, 0.1) is 11.8 Å². The summed E-state index contributed by atoms with van der Waals surface area (Å²) in [7, 11) is -3.86. The zero-order valence-electron chi connectivity index (χ0n) is 12.2. The van der Waals surface area contributed by atoms with Crippen LogP contribution in [0.15, 0.2) is 0 Å². The summed E-state index contributed by atoms with van der Waals surface area (Å²) in [5, 5.41) is 6.88. The smallest absolute Gasteiger partial charge is 0.415 e. The van der Waals surface area contributed by atoms with Crippen LogP contribution >= 0.6 is 12.0 Å². The van der Waals surface area contributed by atoms with Crippen molar-refractivity contribution in [1.82, 2.24) is 0 Å². The minimum Gasteiger partial charge on any atom is -0.691 e. The van der Waals surface area contributed by atoms with E-state index in [1.807, 2.05) is 0 Å². The minimum absolute atomic E-state index is 0.212. The van der Waals surface area contributed by atoms with Crippen LogP contribution in [0.4, 0.5) is 8.78 Å². The molecule has 14 heteroatoms. The van der Waals surface area contributed by atoms with Gasteiger partial charge in [0.1, 0.15) is 23.4 Å². The van der Waals surface area contributed by atoms with Gasteiger partial charge in [0.2, 0.25) is 0 Å². The molecule has 1 saturated heterocycles. The first-order valence-corrected chi connectivity index (χ1v) is 9.18. The molecule has 3 rings (SSSR count). The largest absolute Gasteiger partial charge is 0.691 e. The van der Waals surface area contributed by atoms with E-state index in [4.69, 9.17) is 8.92 Å². The van der Waals surface area contributed by atoms with Gasteiger partial charge in [0.25, 0.3) is 10.1 Å². The van der Waals surface area contributed by atoms with Crippen LogP contribution in [0.2, 0.25) is 0 Å². The summed E-state index contributed by atoms with van der Waals surface area (Å²) in [4.78, 5) is 22.8. The number of carbonyl (C=O) groups excluding carboxylic acids is 2. The zero-order chi connectivity index (χ0) is 18.4. The highest BCUT2D eigenvalue weighted by Crippen LogP contribution is 2.55. The van der Waals surface area contributed by atoms with Gasteiger partial charge in [0.05, 0.1) is 6.10 Å². The molecule has 0 aromatic rings. The van der Waals surface area contributed by atoms with E-state index in [0.29, 0.717) is 12.8 Å². The summed E-state index contributed by atoms with van der Waals surface area (Å²) in [5.74, 6) is -3.81. The lowest BCUT2D eigenvalue weighted by Gasteiger charge is -2.24. The number of carbonyl (C=O) groups is 2. The topological polar surface area (TPSA) is 137 Å². The molecule has 142 valence electrons. The van der Waals surface area contributed by atoms with Gasteiger partial charge >= 0.3 is 17.2 Å². The number of alkyl halides is 2. The molecule has 0 radical (unpaired) electrons. The zero-order valence-corrected chi connectivity index (χ0v) is 13.8. The Balaban J connectivity index is 1.53. The van der Waals surface area contributed by atoms with Gasteiger partial charge in [-0.15, -0.1) is 0 Å². The summed E-state index contributed by atoms with van der Waals surface area (Å²) in [5.41, 5.74) is 0. The Bertz CT molecular complexity index is 666. The van der Waals surface area contributed by atoms with Gasteiger partial charge in [-0.25, -0.2) is 9.59 Å². The van der Waals surface area contributed by atoms with Crippen molar-refractivity contribution >= 4 is 34.1 Å². The summed E-state index contributed by atoms with van der Waals surface area (Å²) >= 11 is -0.900. The van der Waals surface area contributed by atoms with Crippen LogP contribution in [0.25, 0.3) is 0 Å². The van der Waals surface area contributed by atoms with Crippen molar-refractivity contribution in [2.75, 3.05) is 6.61 Å². The fraction of sp³-hybridized carbons (Fsp3) is 0.818. The van der Waals surface area contributed by atoms with Gasteiger partial charge in [0, 0.05) is 11.8 Å². The summed E-state index contributed by atoms with van der Waals surface area (Å²) in [6.45, 7) is -1.15. The number of hydrogen-bond donors (Lipinski definition) is 0. The first kappa shape index (κ1) is 18.7. The number of ether oxygens (including phenoxy) is 2. The Labute approximate surface area is 143 Å². The number of rotatable bonds is 7. The average molecular weight is 405 g/mol. The molecule has 3 aliphatic rings. The summed E-state index contributed by atoms with van der Waals surface area (Å²) < 4.78 is 67.4. The van der Waals surface area contributed by atoms with Crippen molar-refractivity contribution in [2.24, 2.45) is 11.8 Å². The SMILES string of the molecule is O=C(COC(=O)C(F)(F)SOO[O-])OC1C2CC3OS(=O)(=O)C1C3C2. The van der Waals surface area contributed by atoms with Crippen molar-refractivity contribution in [1.29, 1.82) is 0 Å². The molecular weight excluding hydrogens is 394 g/mol. The van der Waals surface area contributed by atoms with Crippen molar-refractivity contribution in [3.05, 3.63) is 0 Å². The maximum atomic E-state index is 13.1. The van der Waals surface area contributed by atoms with Crippen LogP contribution in [0.1, 0.15) is 12.8 Å². The lowest BCUT2D eigenvalue weighted by Crippen LogP contribution is -2.40. The fourth-order valence-electron chi connectivity index (χ4n) is 3.57. The molecule has 5 unspecified atom stereocenters. The minimum atomic E-state index is -4.28. The molecule has 0 N–H and O–H groups in total. The highest BCUT2D eigenvalue weighted by atomic mass is 32.2. The van der Waals surface area contributed by atoms with E-state index >= 15 is 0 Å². The maximum absolute atomic E-state index is 13.1. The highest BCUT2D eigenvalue weighted by Gasteiger charge is 2.66. The Kier molecular flexibility index (Phi) is 4.93. The van der Waals surface area contributed by atoms with E-state index in [-0.39, 0.29) is 11.8 Å². The molecule has 2 aliphatic carbocycles. The van der Waals surface area contributed by atoms with Crippen molar-refractivity contribution in [3.8, 4) is 0 Å². The second-order valence-corrected chi connectivity index (χ2v) is 8.29. The average Bonchev–Trinajstić information content (AvgIpc) is 3.12. The molecule has 0 amide bonds. The third kappa shape index (κ3) is 3.46. The third-order valence-corrected chi connectivity index (χ3v) is 6.68. The highest BCUT2D eigenvalue weighted by molar-refractivity contribution is 7.96. The van der Waals surface area contributed by atoms with E-state index < -0.39 is 63.4 Å². The Morgan fingerprint density at radius 3 is 2.72 bits per heavy atom. The molecule has 1 heterocycles. The van der Waals surface area contributed by atoms with E-state index in [0.717, 1.165) is 0 Å². The quantitative estimate of drug-likeness (QED) is 0.170. The molecule has 0 spiro atoms. The fourth-order valence-corrected chi connectivity index (χ4v) is 5.83. The van der Waals surface area contributed by atoms with Gasteiger partial charge in [-0.1, -0.05) is 0 Å². The normalized spacial score (nSPS) is 34.9. The number of hydrogen-bond acceptors (Lipinski definition) is 11. The Hall–Kier alpha value is -1.06. The molecule has 0 aromatic carbocycles. The monoisotopic (exact) mass is 405 g/mol. The first-order chi connectivity index (χ1) is 11.7.